The van der Waals surface area contributed by atoms with Gasteiger partial charge in [0.05, 0.1) is 19.8 Å². The summed E-state index contributed by atoms with van der Waals surface area (Å²) in [6, 6.07) is 7.40. The van der Waals surface area contributed by atoms with Crippen molar-refractivity contribution in [2.24, 2.45) is 0 Å². The molecule has 9 heteroatoms. The van der Waals surface area contributed by atoms with Gasteiger partial charge in [-0.25, -0.2) is 4.98 Å². The Labute approximate surface area is 166 Å². The summed E-state index contributed by atoms with van der Waals surface area (Å²) in [6.45, 7) is 1.07. The fraction of sp³-hybridized carbons (Fsp3) is 0.400. The van der Waals surface area contributed by atoms with Gasteiger partial charge in [-0.1, -0.05) is 0 Å². The first-order chi connectivity index (χ1) is 13.8. The number of nitrogens with zero attached hydrogens (tertiary/aromatic N) is 2. The van der Waals surface area contributed by atoms with Gasteiger partial charge in [-0.3, -0.25) is 4.79 Å². The van der Waals surface area contributed by atoms with E-state index in [-0.39, 0.29) is 11.9 Å². The summed E-state index contributed by atoms with van der Waals surface area (Å²) in [5.74, 6) is 1.33. The number of amides is 1. The van der Waals surface area contributed by atoms with Gasteiger partial charge in [0, 0.05) is 30.9 Å². The third kappa shape index (κ3) is 4.90. The maximum Gasteiger partial charge on any atom is 0.417 e. The highest BCUT2D eigenvalue weighted by molar-refractivity contribution is 5.95. The lowest BCUT2D eigenvalue weighted by atomic mass is 10.0. The van der Waals surface area contributed by atoms with E-state index in [9.17, 15) is 18.0 Å². The fourth-order valence-corrected chi connectivity index (χ4v) is 3.23. The van der Waals surface area contributed by atoms with E-state index in [1.165, 1.54) is 20.3 Å². The predicted octanol–water partition coefficient (Wildman–Crippen LogP) is 3.83. The Hall–Kier alpha value is -2.97. The van der Waals surface area contributed by atoms with E-state index in [1.54, 1.807) is 23.1 Å². The van der Waals surface area contributed by atoms with Gasteiger partial charge in [0.1, 0.15) is 5.82 Å². The number of hydrogen-bond donors (Lipinski definition) is 1. The van der Waals surface area contributed by atoms with Crippen LogP contribution in [0.4, 0.5) is 19.0 Å². The molecule has 2 heterocycles. The molecule has 3 rings (SSSR count). The standard InChI is InChI=1S/C20H22F3N3O3/c1-28-16-5-3-13(11-17(16)29-2)19(27)26-9-7-15(8-10-26)25-18-6-4-14(12-24-18)20(21,22)23/h3-6,11-12,15H,7-10H2,1-2H3,(H,24,25). The zero-order chi connectivity index (χ0) is 21.0. The lowest BCUT2D eigenvalue weighted by Gasteiger charge is -2.32. The number of halogens is 3. The Morgan fingerprint density at radius 1 is 1.10 bits per heavy atom. The number of alkyl halides is 3. The minimum atomic E-state index is -4.40. The molecule has 0 bridgehead atoms. The topological polar surface area (TPSA) is 63.7 Å². The number of ether oxygens (including phenoxy) is 2. The van der Waals surface area contributed by atoms with Gasteiger partial charge in [-0.05, 0) is 43.2 Å². The van der Waals surface area contributed by atoms with E-state index in [0.29, 0.717) is 48.8 Å². The van der Waals surface area contributed by atoms with Crippen LogP contribution in [0, 0.1) is 0 Å². The van der Waals surface area contributed by atoms with Crippen LogP contribution in [0.2, 0.25) is 0 Å². The van der Waals surface area contributed by atoms with E-state index < -0.39 is 11.7 Å². The van der Waals surface area contributed by atoms with Gasteiger partial charge in [0.2, 0.25) is 0 Å². The second kappa shape index (κ2) is 8.59. The summed E-state index contributed by atoms with van der Waals surface area (Å²) in [5.41, 5.74) is -0.267. The molecule has 1 fully saturated rings. The van der Waals surface area contributed by atoms with Crippen molar-refractivity contribution < 1.29 is 27.4 Å². The Morgan fingerprint density at radius 2 is 1.79 bits per heavy atom. The summed E-state index contributed by atoms with van der Waals surface area (Å²) < 4.78 is 48.3. The highest BCUT2D eigenvalue weighted by atomic mass is 19.4. The third-order valence-corrected chi connectivity index (χ3v) is 4.86. The lowest BCUT2D eigenvalue weighted by Crippen LogP contribution is -2.42. The zero-order valence-electron chi connectivity index (χ0n) is 16.1. The summed E-state index contributed by atoms with van der Waals surface area (Å²) in [6.07, 6.45) is -2.25. The number of methoxy groups -OCH3 is 2. The second-order valence-electron chi connectivity index (χ2n) is 6.71. The molecule has 0 atom stereocenters. The van der Waals surface area contributed by atoms with Gasteiger partial charge in [0.15, 0.2) is 11.5 Å². The molecule has 0 spiro atoms. The van der Waals surface area contributed by atoms with Crippen molar-refractivity contribution in [1.29, 1.82) is 0 Å². The molecule has 0 radical (unpaired) electrons. The molecule has 156 valence electrons. The van der Waals surface area contributed by atoms with Gasteiger partial charge < -0.3 is 19.7 Å². The van der Waals surface area contributed by atoms with Gasteiger partial charge >= 0.3 is 6.18 Å². The number of hydrogen-bond acceptors (Lipinski definition) is 5. The number of pyridine rings is 1. The van der Waals surface area contributed by atoms with Crippen LogP contribution in [0.1, 0.15) is 28.8 Å². The molecule has 6 nitrogen and oxygen atoms in total. The molecule has 29 heavy (non-hydrogen) atoms. The summed E-state index contributed by atoms with van der Waals surface area (Å²) in [4.78, 5) is 18.3. The van der Waals surface area contributed by atoms with Crippen LogP contribution in [0.5, 0.6) is 11.5 Å². The van der Waals surface area contributed by atoms with Crippen LogP contribution in [0.25, 0.3) is 0 Å². The number of piperidine rings is 1. The Kier molecular flexibility index (Phi) is 6.14. The van der Waals surface area contributed by atoms with Gasteiger partial charge in [-0.2, -0.15) is 13.2 Å². The van der Waals surface area contributed by atoms with Gasteiger partial charge in [0.25, 0.3) is 5.91 Å². The molecule has 1 amide bonds. The summed E-state index contributed by atoms with van der Waals surface area (Å²) in [5, 5.41) is 3.14. The number of aromatic nitrogens is 1. The minimum Gasteiger partial charge on any atom is -0.493 e. The molecule has 1 saturated heterocycles. The minimum absolute atomic E-state index is 0.0358. The van der Waals surface area contributed by atoms with Crippen molar-refractivity contribution in [2.75, 3.05) is 32.6 Å². The van der Waals surface area contributed by atoms with Crippen LogP contribution in [-0.2, 0) is 6.18 Å². The molecule has 2 aromatic rings. The van der Waals surface area contributed by atoms with E-state index >= 15 is 0 Å². The van der Waals surface area contributed by atoms with Crippen LogP contribution in [0.3, 0.4) is 0 Å². The molecule has 1 aromatic heterocycles. The predicted molar refractivity (Wildman–Crippen MR) is 101 cm³/mol. The van der Waals surface area contributed by atoms with E-state index in [2.05, 4.69) is 10.3 Å². The van der Waals surface area contributed by atoms with Crippen LogP contribution >= 0.6 is 0 Å². The largest absolute Gasteiger partial charge is 0.493 e. The zero-order valence-corrected chi connectivity index (χ0v) is 16.1. The van der Waals surface area contributed by atoms with Crippen LogP contribution in [-0.4, -0.2) is 49.1 Å². The number of benzene rings is 1. The number of nitrogens with one attached hydrogen (secondary N) is 1. The molecule has 0 aliphatic carbocycles. The number of likely N-dealkylation sites (tertiary alicyclic amines) is 1. The fourth-order valence-electron chi connectivity index (χ4n) is 3.23. The molecule has 1 aliphatic heterocycles. The molecule has 1 aromatic carbocycles. The average Bonchev–Trinajstić information content (AvgIpc) is 2.73. The monoisotopic (exact) mass is 409 g/mol. The first kappa shape index (κ1) is 20.8. The second-order valence-corrected chi connectivity index (χ2v) is 6.71. The first-order valence-corrected chi connectivity index (χ1v) is 9.13. The summed E-state index contributed by atoms with van der Waals surface area (Å²) in [7, 11) is 3.04. The molecular weight excluding hydrogens is 387 g/mol. The van der Waals surface area contributed by atoms with Crippen LogP contribution in [0.15, 0.2) is 36.5 Å². The van der Waals surface area contributed by atoms with E-state index in [0.717, 1.165) is 12.3 Å². The lowest BCUT2D eigenvalue weighted by molar-refractivity contribution is -0.137. The van der Waals surface area contributed by atoms with Crippen molar-refractivity contribution in [1.82, 2.24) is 9.88 Å². The average molecular weight is 409 g/mol. The maximum absolute atomic E-state index is 12.8. The molecule has 0 saturated carbocycles. The number of anilines is 1. The van der Waals surface area contributed by atoms with Crippen LogP contribution < -0.4 is 14.8 Å². The first-order valence-electron chi connectivity index (χ1n) is 9.13. The molecule has 0 unspecified atom stereocenters. The summed E-state index contributed by atoms with van der Waals surface area (Å²) >= 11 is 0. The van der Waals surface area contributed by atoms with Crippen molar-refractivity contribution in [2.45, 2.75) is 25.1 Å². The normalized spacial score (nSPS) is 15.1. The van der Waals surface area contributed by atoms with Crippen molar-refractivity contribution >= 4 is 11.7 Å². The maximum atomic E-state index is 12.8. The third-order valence-electron chi connectivity index (χ3n) is 4.86. The highest BCUT2D eigenvalue weighted by Crippen LogP contribution is 2.30. The van der Waals surface area contributed by atoms with Crippen molar-refractivity contribution in [3.8, 4) is 11.5 Å². The van der Waals surface area contributed by atoms with Gasteiger partial charge in [-0.15, -0.1) is 0 Å². The van der Waals surface area contributed by atoms with E-state index in [4.69, 9.17) is 9.47 Å². The molecule has 1 N–H and O–H groups in total. The quantitative estimate of drug-likeness (QED) is 0.813. The number of carbonyl (C=O) groups is 1. The molecular formula is C20H22F3N3O3. The van der Waals surface area contributed by atoms with Crippen molar-refractivity contribution in [3.63, 3.8) is 0 Å². The van der Waals surface area contributed by atoms with E-state index in [1.807, 2.05) is 0 Å². The Balaban J connectivity index is 1.57. The smallest absolute Gasteiger partial charge is 0.417 e. The van der Waals surface area contributed by atoms with Crippen molar-refractivity contribution in [3.05, 3.63) is 47.7 Å². The Morgan fingerprint density at radius 3 is 2.34 bits per heavy atom. The molecule has 1 aliphatic rings. The Bertz CT molecular complexity index is 848. The number of carbonyl (C=O) groups excluding carboxylic acids is 1. The number of rotatable bonds is 5. The SMILES string of the molecule is COc1ccc(C(=O)N2CCC(Nc3ccc(C(F)(F)F)cn3)CC2)cc1OC. The highest BCUT2D eigenvalue weighted by Gasteiger charge is 2.31.